The second kappa shape index (κ2) is 6.24. The molecule has 0 aromatic heterocycles. The fourth-order valence-electron chi connectivity index (χ4n) is 2.97. The molecule has 0 radical (unpaired) electrons. The first kappa shape index (κ1) is 14.3. The summed E-state index contributed by atoms with van der Waals surface area (Å²) in [5, 5.41) is 0. The second-order valence-corrected chi connectivity index (χ2v) is 5.85. The van der Waals surface area contributed by atoms with Gasteiger partial charge in [-0.15, -0.1) is 0 Å². The number of primary amides is 1. The molecule has 4 nitrogen and oxygen atoms in total. The molecule has 0 heterocycles. The van der Waals surface area contributed by atoms with Crippen molar-refractivity contribution in [2.45, 2.75) is 58.0 Å². The standard InChI is InChI=1S/C13H26N2O2/c1-13(2,17-12(15)16)9-11-5-3-10(4-6-11)7-8-14/h10-11H,3-9,14H2,1-2H3,(H2,15,16). The van der Waals surface area contributed by atoms with Gasteiger partial charge in [0, 0.05) is 0 Å². The van der Waals surface area contributed by atoms with E-state index in [2.05, 4.69) is 0 Å². The van der Waals surface area contributed by atoms with Gasteiger partial charge in [-0.05, 0) is 45.1 Å². The van der Waals surface area contributed by atoms with Gasteiger partial charge in [0.25, 0.3) is 0 Å². The average molecular weight is 242 g/mol. The molecule has 100 valence electrons. The van der Waals surface area contributed by atoms with Crippen LogP contribution < -0.4 is 11.5 Å². The Hall–Kier alpha value is -0.770. The minimum absolute atomic E-state index is 0.433. The summed E-state index contributed by atoms with van der Waals surface area (Å²) < 4.78 is 5.13. The van der Waals surface area contributed by atoms with Crippen LogP contribution in [0.4, 0.5) is 4.79 Å². The zero-order valence-electron chi connectivity index (χ0n) is 11.1. The highest BCUT2D eigenvalue weighted by molar-refractivity contribution is 5.65. The fourth-order valence-corrected chi connectivity index (χ4v) is 2.97. The van der Waals surface area contributed by atoms with Crippen LogP contribution in [0.15, 0.2) is 0 Å². The third-order valence-corrected chi connectivity index (χ3v) is 3.70. The van der Waals surface area contributed by atoms with Gasteiger partial charge in [-0.3, -0.25) is 0 Å². The van der Waals surface area contributed by atoms with Crippen LogP contribution in [-0.4, -0.2) is 18.2 Å². The lowest BCUT2D eigenvalue weighted by molar-refractivity contribution is 0.0196. The lowest BCUT2D eigenvalue weighted by Crippen LogP contribution is -2.34. The summed E-state index contributed by atoms with van der Waals surface area (Å²) in [5.41, 5.74) is 10.2. The molecule has 0 aromatic carbocycles. The Kier molecular flexibility index (Phi) is 5.25. The van der Waals surface area contributed by atoms with E-state index < -0.39 is 11.7 Å². The molecule has 0 bridgehead atoms. The number of carbonyl (C=O) groups is 1. The van der Waals surface area contributed by atoms with Crippen molar-refractivity contribution in [3.63, 3.8) is 0 Å². The topological polar surface area (TPSA) is 78.3 Å². The molecule has 0 aliphatic heterocycles. The Balaban J connectivity index is 2.32. The molecule has 0 spiro atoms. The summed E-state index contributed by atoms with van der Waals surface area (Å²) in [6.45, 7) is 4.67. The molecule has 17 heavy (non-hydrogen) atoms. The second-order valence-electron chi connectivity index (χ2n) is 5.85. The largest absolute Gasteiger partial charge is 0.444 e. The van der Waals surface area contributed by atoms with Crippen LogP contribution in [0, 0.1) is 11.8 Å². The van der Waals surface area contributed by atoms with Crippen molar-refractivity contribution >= 4 is 6.09 Å². The molecule has 1 aliphatic carbocycles. The number of carbonyl (C=O) groups excluding carboxylic acids is 1. The molecular weight excluding hydrogens is 216 g/mol. The van der Waals surface area contributed by atoms with Crippen LogP contribution in [-0.2, 0) is 4.74 Å². The zero-order chi connectivity index (χ0) is 12.9. The van der Waals surface area contributed by atoms with Crippen LogP contribution in [0.2, 0.25) is 0 Å². The molecule has 0 unspecified atom stereocenters. The van der Waals surface area contributed by atoms with Gasteiger partial charge in [0.2, 0.25) is 0 Å². The predicted molar refractivity (Wildman–Crippen MR) is 68.5 cm³/mol. The Bertz CT molecular complexity index is 246. The minimum Gasteiger partial charge on any atom is -0.444 e. The smallest absolute Gasteiger partial charge is 0.405 e. The van der Waals surface area contributed by atoms with Crippen molar-refractivity contribution in [3.05, 3.63) is 0 Å². The fraction of sp³-hybridized carbons (Fsp3) is 0.923. The monoisotopic (exact) mass is 242 g/mol. The maximum absolute atomic E-state index is 10.8. The van der Waals surface area contributed by atoms with Crippen LogP contribution in [0.5, 0.6) is 0 Å². The Morgan fingerprint density at radius 2 is 1.76 bits per heavy atom. The third kappa shape index (κ3) is 5.39. The number of rotatable bonds is 5. The molecule has 0 saturated heterocycles. The number of nitrogens with two attached hydrogens (primary N) is 2. The highest BCUT2D eigenvalue weighted by Gasteiger charge is 2.29. The van der Waals surface area contributed by atoms with Gasteiger partial charge in [-0.25, -0.2) is 4.79 Å². The highest BCUT2D eigenvalue weighted by atomic mass is 16.6. The van der Waals surface area contributed by atoms with Crippen molar-refractivity contribution in [2.75, 3.05) is 6.54 Å². The Labute approximate surface area is 104 Å². The molecule has 1 saturated carbocycles. The van der Waals surface area contributed by atoms with E-state index in [9.17, 15) is 4.79 Å². The number of hydrogen-bond donors (Lipinski definition) is 2. The average Bonchev–Trinajstić information content (AvgIpc) is 2.18. The molecule has 0 atom stereocenters. The third-order valence-electron chi connectivity index (χ3n) is 3.70. The zero-order valence-corrected chi connectivity index (χ0v) is 11.1. The summed E-state index contributed by atoms with van der Waals surface area (Å²) in [6, 6.07) is 0. The normalized spacial score (nSPS) is 25.6. The van der Waals surface area contributed by atoms with Crippen molar-refractivity contribution in [1.29, 1.82) is 0 Å². The Morgan fingerprint density at radius 3 is 2.24 bits per heavy atom. The van der Waals surface area contributed by atoms with Gasteiger partial charge in [-0.2, -0.15) is 0 Å². The van der Waals surface area contributed by atoms with E-state index in [0.29, 0.717) is 5.92 Å². The summed E-state index contributed by atoms with van der Waals surface area (Å²) >= 11 is 0. The van der Waals surface area contributed by atoms with Crippen molar-refractivity contribution in [2.24, 2.45) is 23.3 Å². The van der Waals surface area contributed by atoms with E-state index in [1.54, 1.807) is 0 Å². The molecule has 0 aromatic rings. The summed E-state index contributed by atoms with van der Waals surface area (Å²) in [4.78, 5) is 10.8. The predicted octanol–water partition coefficient (Wildman–Crippen LogP) is 2.41. The van der Waals surface area contributed by atoms with E-state index in [4.69, 9.17) is 16.2 Å². The van der Waals surface area contributed by atoms with Crippen LogP contribution in [0.3, 0.4) is 0 Å². The first-order valence-corrected chi connectivity index (χ1v) is 6.61. The van der Waals surface area contributed by atoms with Crippen molar-refractivity contribution < 1.29 is 9.53 Å². The maximum Gasteiger partial charge on any atom is 0.405 e. The van der Waals surface area contributed by atoms with E-state index in [0.717, 1.165) is 25.3 Å². The highest BCUT2D eigenvalue weighted by Crippen LogP contribution is 2.35. The van der Waals surface area contributed by atoms with Crippen LogP contribution >= 0.6 is 0 Å². The van der Waals surface area contributed by atoms with Gasteiger partial charge < -0.3 is 16.2 Å². The van der Waals surface area contributed by atoms with Crippen molar-refractivity contribution in [1.82, 2.24) is 0 Å². The van der Waals surface area contributed by atoms with Crippen LogP contribution in [0.1, 0.15) is 52.4 Å². The lowest BCUT2D eigenvalue weighted by Gasteiger charge is -2.33. The van der Waals surface area contributed by atoms with E-state index in [-0.39, 0.29) is 0 Å². The molecule has 1 aliphatic rings. The van der Waals surface area contributed by atoms with Gasteiger partial charge in [0.15, 0.2) is 0 Å². The molecule has 1 fully saturated rings. The first-order chi connectivity index (χ1) is 7.93. The van der Waals surface area contributed by atoms with Crippen LogP contribution in [0.25, 0.3) is 0 Å². The van der Waals surface area contributed by atoms with Crippen molar-refractivity contribution in [3.8, 4) is 0 Å². The summed E-state index contributed by atoms with van der Waals surface area (Å²) in [6.07, 6.45) is 6.33. The van der Waals surface area contributed by atoms with E-state index in [1.165, 1.54) is 25.7 Å². The number of hydrogen-bond acceptors (Lipinski definition) is 3. The van der Waals surface area contributed by atoms with Gasteiger partial charge in [-0.1, -0.05) is 25.7 Å². The molecule has 4 heteroatoms. The lowest BCUT2D eigenvalue weighted by atomic mass is 9.76. The number of ether oxygens (including phenoxy) is 1. The summed E-state index contributed by atoms with van der Waals surface area (Å²) in [7, 11) is 0. The molecule has 4 N–H and O–H groups in total. The first-order valence-electron chi connectivity index (χ1n) is 6.61. The van der Waals surface area contributed by atoms with E-state index >= 15 is 0 Å². The Morgan fingerprint density at radius 1 is 1.24 bits per heavy atom. The molecule has 1 rings (SSSR count). The SMILES string of the molecule is CC(C)(CC1CCC(CCN)CC1)OC(N)=O. The quantitative estimate of drug-likeness (QED) is 0.777. The minimum atomic E-state index is -0.674. The van der Waals surface area contributed by atoms with Gasteiger partial charge >= 0.3 is 6.09 Å². The van der Waals surface area contributed by atoms with Gasteiger partial charge in [0.05, 0.1) is 0 Å². The molecule has 1 amide bonds. The summed E-state index contributed by atoms with van der Waals surface area (Å²) in [5.74, 6) is 1.45. The maximum atomic E-state index is 10.8. The van der Waals surface area contributed by atoms with E-state index in [1.807, 2.05) is 13.8 Å². The number of amides is 1. The molecular formula is C13H26N2O2. The van der Waals surface area contributed by atoms with Gasteiger partial charge in [0.1, 0.15) is 5.60 Å².